The normalized spacial score (nSPS) is 22.8. The number of nitrogens with zero attached hydrogens (tertiary/aromatic N) is 2. The van der Waals surface area contributed by atoms with Gasteiger partial charge in [-0.15, -0.1) is 0 Å². The molecule has 0 bridgehead atoms. The van der Waals surface area contributed by atoms with Crippen molar-refractivity contribution < 1.29 is 13.5 Å². The zero-order chi connectivity index (χ0) is 19.0. The van der Waals surface area contributed by atoms with Crippen molar-refractivity contribution >= 4 is 0 Å². The molecule has 1 aromatic heterocycles. The van der Waals surface area contributed by atoms with E-state index in [9.17, 15) is 13.6 Å². The smallest absolute Gasteiger partial charge is 0.256 e. The average Bonchev–Trinajstić information content (AvgIpc) is 2.98. The van der Waals surface area contributed by atoms with Crippen LogP contribution in [0.3, 0.4) is 0 Å². The molecule has 27 heavy (non-hydrogen) atoms. The number of H-pyrrole nitrogens is 1. The maximum absolute atomic E-state index is 13.6. The van der Waals surface area contributed by atoms with Crippen molar-refractivity contribution in [2.45, 2.75) is 51.3 Å². The molecule has 2 aliphatic heterocycles. The molecule has 1 N–H and O–H groups in total. The Morgan fingerprint density at radius 1 is 1.33 bits per heavy atom. The number of nitrogens with one attached hydrogen (secondary N) is 1. The summed E-state index contributed by atoms with van der Waals surface area (Å²) in [4.78, 5) is 22.1. The number of halogens is 2. The molecule has 1 aromatic carbocycles. The fraction of sp³-hybridized carbons (Fsp3) is 0.500. The number of benzene rings is 1. The van der Waals surface area contributed by atoms with Gasteiger partial charge in [-0.3, -0.25) is 9.69 Å². The fourth-order valence-corrected chi connectivity index (χ4v) is 4.19. The van der Waals surface area contributed by atoms with Crippen LogP contribution < -0.4 is 5.56 Å². The SMILES string of the molecule is CC1(Cc2ccc(F)c(F)c2)CCCN1Cc1nc2c(c(=O)[nH]1)COCC2. The Morgan fingerprint density at radius 2 is 2.19 bits per heavy atom. The minimum atomic E-state index is -0.827. The van der Waals surface area contributed by atoms with Crippen LogP contribution in [0.25, 0.3) is 0 Å². The number of hydrogen-bond donors (Lipinski definition) is 1. The molecule has 2 aliphatic rings. The zero-order valence-electron chi connectivity index (χ0n) is 15.4. The van der Waals surface area contributed by atoms with Gasteiger partial charge in [0.15, 0.2) is 11.6 Å². The molecule has 5 nitrogen and oxygen atoms in total. The molecule has 1 atom stereocenters. The molecular weight excluding hydrogens is 352 g/mol. The molecule has 4 rings (SSSR count). The number of fused-ring (bicyclic) bond motifs is 1. The molecule has 1 fully saturated rings. The predicted octanol–water partition coefficient (Wildman–Crippen LogP) is 2.72. The second-order valence-corrected chi connectivity index (χ2v) is 7.69. The van der Waals surface area contributed by atoms with Crippen molar-refractivity contribution in [2.75, 3.05) is 13.2 Å². The van der Waals surface area contributed by atoms with Crippen LogP contribution in [0.15, 0.2) is 23.0 Å². The number of ether oxygens (including phenoxy) is 1. The first kappa shape index (κ1) is 18.3. The van der Waals surface area contributed by atoms with Crippen LogP contribution in [0.4, 0.5) is 8.78 Å². The first-order chi connectivity index (χ1) is 12.9. The maximum atomic E-state index is 13.6. The van der Waals surface area contributed by atoms with Gasteiger partial charge in [0.1, 0.15) is 5.82 Å². The number of rotatable bonds is 4. The molecule has 3 heterocycles. The number of hydrogen-bond acceptors (Lipinski definition) is 4. The Morgan fingerprint density at radius 3 is 3.00 bits per heavy atom. The van der Waals surface area contributed by atoms with Crippen LogP contribution in [-0.4, -0.2) is 33.6 Å². The van der Waals surface area contributed by atoms with E-state index in [1.807, 2.05) is 0 Å². The Hall–Kier alpha value is -2.12. The number of likely N-dealkylation sites (tertiary alicyclic amines) is 1. The van der Waals surface area contributed by atoms with Crippen molar-refractivity contribution in [3.8, 4) is 0 Å². The second kappa shape index (κ2) is 7.13. The summed E-state index contributed by atoms with van der Waals surface area (Å²) in [6.07, 6.45) is 3.24. The molecule has 0 radical (unpaired) electrons. The lowest BCUT2D eigenvalue weighted by Gasteiger charge is -2.35. The van der Waals surface area contributed by atoms with Crippen LogP contribution in [0, 0.1) is 11.6 Å². The highest BCUT2D eigenvalue weighted by Gasteiger charge is 2.37. The van der Waals surface area contributed by atoms with E-state index in [0.29, 0.717) is 44.0 Å². The summed E-state index contributed by atoms with van der Waals surface area (Å²) in [5, 5.41) is 0. The summed E-state index contributed by atoms with van der Waals surface area (Å²) in [5.74, 6) is -0.991. The van der Waals surface area contributed by atoms with Crippen LogP contribution in [0.2, 0.25) is 0 Å². The molecule has 0 saturated carbocycles. The zero-order valence-corrected chi connectivity index (χ0v) is 15.4. The third-order valence-corrected chi connectivity index (χ3v) is 5.70. The molecule has 0 amide bonds. The highest BCUT2D eigenvalue weighted by molar-refractivity contribution is 5.22. The third-order valence-electron chi connectivity index (χ3n) is 5.70. The Bertz CT molecular complexity index is 915. The van der Waals surface area contributed by atoms with Crippen molar-refractivity contribution in [1.29, 1.82) is 0 Å². The van der Waals surface area contributed by atoms with E-state index in [1.165, 1.54) is 12.1 Å². The van der Waals surface area contributed by atoms with Crippen LogP contribution in [0.1, 0.15) is 42.4 Å². The Labute approximate surface area is 156 Å². The minimum Gasteiger partial charge on any atom is -0.376 e. The van der Waals surface area contributed by atoms with Gasteiger partial charge in [-0.1, -0.05) is 6.07 Å². The van der Waals surface area contributed by atoms with Crippen molar-refractivity contribution in [3.63, 3.8) is 0 Å². The van der Waals surface area contributed by atoms with Gasteiger partial charge in [0.25, 0.3) is 5.56 Å². The molecule has 2 aromatic rings. The molecule has 7 heteroatoms. The van der Waals surface area contributed by atoms with E-state index < -0.39 is 11.6 Å². The lowest BCUT2D eigenvalue weighted by atomic mass is 9.90. The lowest BCUT2D eigenvalue weighted by Crippen LogP contribution is -2.43. The Kier molecular flexibility index (Phi) is 4.82. The second-order valence-electron chi connectivity index (χ2n) is 7.69. The fourth-order valence-electron chi connectivity index (χ4n) is 4.19. The summed E-state index contributed by atoms with van der Waals surface area (Å²) in [6, 6.07) is 4.09. The van der Waals surface area contributed by atoms with Crippen molar-refractivity contribution in [2.24, 2.45) is 0 Å². The number of aromatic nitrogens is 2. The van der Waals surface area contributed by atoms with Gasteiger partial charge in [0.2, 0.25) is 0 Å². The van der Waals surface area contributed by atoms with E-state index in [4.69, 9.17) is 4.74 Å². The van der Waals surface area contributed by atoms with Crippen molar-refractivity contribution in [1.82, 2.24) is 14.9 Å². The van der Waals surface area contributed by atoms with Gasteiger partial charge < -0.3 is 9.72 Å². The van der Waals surface area contributed by atoms with E-state index in [-0.39, 0.29) is 11.1 Å². The van der Waals surface area contributed by atoms with E-state index in [1.54, 1.807) is 6.07 Å². The minimum absolute atomic E-state index is 0.129. The highest BCUT2D eigenvalue weighted by Crippen LogP contribution is 2.33. The molecular formula is C20H23F2N3O2. The Balaban J connectivity index is 1.55. The van der Waals surface area contributed by atoms with E-state index in [0.717, 1.165) is 30.6 Å². The summed E-state index contributed by atoms with van der Waals surface area (Å²) >= 11 is 0. The predicted molar refractivity (Wildman–Crippen MR) is 96.3 cm³/mol. The van der Waals surface area contributed by atoms with Gasteiger partial charge >= 0.3 is 0 Å². The van der Waals surface area contributed by atoms with Crippen LogP contribution in [-0.2, 0) is 30.7 Å². The van der Waals surface area contributed by atoms with Crippen molar-refractivity contribution in [3.05, 3.63) is 62.8 Å². The first-order valence-corrected chi connectivity index (χ1v) is 9.32. The summed E-state index contributed by atoms with van der Waals surface area (Å²) in [6.45, 7) is 4.44. The van der Waals surface area contributed by atoms with Crippen LogP contribution in [0.5, 0.6) is 0 Å². The molecule has 0 aliphatic carbocycles. The average molecular weight is 375 g/mol. The topological polar surface area (TPSA) is 58.2 Å². The van der Waals surface area contributed by atoms with Gasteiger partial charge in [-0.25, -0.2) is 13.8 Å². The van der Waals surface area contributed by atoms with Gasteiger partial charge in [-0.05, 0) is 50.4 Å². The maximum Gasteiger partial charge on any atom is 0.256 e. The third kappa shape index (κ3) is 3.66. The van der Waals surface area contributed by atoms with Gasteiger partial charge in [0.05, 0.1) is 31.0 Å². The summed E-state index contributed by atoms with van der Waals surface area (Å²) in [7, 11) is 0. The molecule has 1 unspecified atom stereocenters. The summed E-state index contributed by atoms with van der Waals surface area (Å²) < 4.78 is 32.1. The van der Waals surface area contributed by atoms with Crippen LogP contribution >= 0.6 is 0 Å². The quantitative estimate of drug-likeness (QED) is 0.893. The molecule has 1 saturated heterocycles. The van der Waals surface area contributed by atoms with E-state index >= 15 is 0 Å². The highest BCUT2D eigenvalue weighted by atomic mass is 19.2. The standard InChI is InChI=1S/C20H23F2N3O2/c1-20(10-13-3-4-15(21)16(22)9-13)6-2-7-25(20)11-18-23-17-5-8-27-12-14(17)19(26)24-18/h3-4,9H,2,5-8,10-12H2,1H3,(H,23,24,26). The molecule has 144 valence electrons. The monoisotopic (exact) mass is 375 g/mol. The largest absolute Gasteiger partial charge is 0.376 e. The lowest BCUT2D eigenvalue weighted by molar-refractivity contribution is 0.107. The molecule has 0 spiro atoms. The summed E-state index contributed by atoms with van der Waals surface area (Å²) in [5.41, 5.74) is 1.89. The van der Waals surface area contributed by atoms with Gasteiger partial charge in [-0.2, -0.15) is 0 Å². The van der Waals surface area contributed by atoms with E-state index in [2.05, 4.69) is 21.8 Å². The first-order valence-electron chi connectivity index (χ1n) is 9.32. The number of aromatic amines is 1. The van der Waals surface area contributed by atoms with Gasteiger partial charge in [0, 0.05) is 12.0 Å².